The number of fused-ring (bicyclic) bond motifs is 2. The topological polar surface area (TPSA) is 83.5 Å². The maximum atomic E-state index is 13.3. The molecule has 1 saturated heterocycles. The lowest BCUT2D eigenvalue weighted by molar-refractivity contribution is -0.129. The van der Waals surface area contributed by atoms with Gasteiger partial charge in [0.15, 0.2) is 4.34 Å². The van der Waals surface area contributed by atoms with Crippen LogP contribution in [0.25, 0.3) is 21.1 Å². The lowest BCUT2D eigenvalue weighted by Gasteiger charge is -2.34. The Kier molecular flexibility index (Phi) is 6.09. The minimum atomic E-state index is -3.70. The van der Waals surface area contributed by atoms with Gasteiger partial charge in [0.1, 0.15) is 4.90 Å². The Hall–Kier alpha value is -2.53. The van der Waals surface area contributed by atoms with Gasteiger partial charge in [-0.25, -0.2) is 13.4 Å². The summed E-state index contributed by atoms with van der Waals surface area (Å²) < 4.78 is 30.1. The average molecular weight is 499 g/mol. The van der Waals surface area contributed by atoms with Crippen molar-refractivity contribution in [2.24, 2.45) is 0 Å². The van der Waals surface area contributed by atoms with E-state index in [4.69, 9.17) is 0 Å². The number of amides is 1. The molecule has 0 radical (unpaired) electrons. The summed E-state index contributed by atoms with van der Waals surface area (Å²) in [6.45, 7) is 3.20. The van der Waals surface area contributed by atoms with E-state index in [0.29, 0.717) is 24.4 Å². The molecule has 0 bridgehead atoms. The highest BCUT2D eigenvalue weighted by Gasteiger charge is 2.31. The van der Waals surface area contributed by atoms with Gasteiger partial charge in [-0.2, -0.15) is 4.31 Å². The van der Waals surface area contributed by atoms with Crippen LogP contribution in [-0.2, 0) is 14.8 Å². The third kappa shape index (κ3) is 4.48. The Morgan fingerprint density at radius 1 is 1.09 bits per heavy atom. The predicted octanol–water partition coefficient (Wildman–Crippen LogP) is 3.78. The fourth-order valence-corrected chi connectivity index (χ4v) is 7.45. The first-order valence-electron chi connectivity index (χ1n) is 10.5. The number of carbonyl (C=O) groups is 1. The lowest BCUT2D eigenvalue weighted by atomic mass is 10.2. The highest BCUT2D eigenvalue weighted by molar-refractivity contribution is 8.01. The molecule has 0 N–H and O–H groups in total. The summed E-state index contributed by atoms with van der Waals surface area (Å²) in [5.74, 6) is 0.290. The molecule has 0 unspecified atom stereocenters. The monoisotopic (exact) mass is 498 g/mol. The number of aryl methyl sites for hydroxylation is 1. The lowest BCUT2D eigenvalue weighted by Crippen LogP contribution is -2.51. The number of carbonyl (C=O) groups excluding carboxylic acids is 1. The van der Waals surface area contributed by atoms with Crippen molar-refractivity contribution in [3.8, 4) is 0 Å². The predicted molar refractivity (Wildman–Crippen MR) is 132 cm³/mol. The average Bonchev–Trinajstić information content (AvgIpc) is 3.25. The molecule has 2 aromatic carbocycles. The molecule has 1 fully saturated rings. The molecule has 4 aromatic rings. The molecule has 3 heterocycles. The van der Waals surface area contributed by atoms with E-state index in [1.54, 1.807) is 34.6 Å². The minimum Gasteiger partial charge on any atom is -0.339 e. The summed E-state index contributed by atoms with van der Waals surface area (Å²) in [6.07, 6.45) is 1.68. The molecule has 7 nitrogen and oxygen atoms in total. The Morgan fingerprint density at radius 3 is 2.67 bits per heavy atom. The summed E-state index contributed by atoms with van der Waals surface area (Å²) in [5, 5.41) is 0.803. The van der Waals surface area contributed by atoms with Gasteiger partial charge in [0.2, 0.25) is 15.9 Å². The molecule has 33 heavy (non-hydrogen) atoms. The van der Waals surface area contributed by atoms with Gasteiger partial charge in [-0.15, -0.1) is 11.3 Å². The summed E-state index contributed by atoms with van der Waals surface area (Å²) in [5.41, 5.74) is 2.40. The number of nitrogens with zero attached hydrogens (tertiary/aromatic N) is 4. The molecular formula is C23H22N4O3S3. The van der Waals surface area contributed by atoms with Crippen LogP contribution in [0.15, 0.2) is 64.0 Å². The fraction of sp³-hybridized carbons (Fsp3) is 0.261. The van der Waals surface area contributed by atoms with Crippen LogP contribution in [0.3, 0.4) is 0 Å². The molecule has 0 spiro atoms. The molecule has 10 heteroatoms. The molecule has 0 atom stereocenters. The molecule has 1 aliphatic heterocycles. The summed E-state index contributed by atoms with van der Waals surface area (Å²) in [6, 6.07) is 15.1. The van der Waals surface area contributed by atoms with E-state index < -0.39 is 10.0 Å². The standard InChI is InChI=1S/C23H22N4O3S3/c1-16-13-17-5-4-8-20(22(17)24-14-16)33(29,30)27-11-9-26(10-12-27)21(28)15-31-23-25-18-6-2-3-7-19(18)32-23/h2-8,13-14H,9-12,15H2,1H3. The van der Waals surface area contributed by atoms with Gasteiger partial charge in [-0.1, -0.05) is 36.0 Å². The minimum absolute atomic E-state index is 0.00129. The number of sulfonamides is 1. The van der Waals surface area contributed by atoms with E-state index in [-0.39, 0.29) is 23.9 Å². The Labute approximate surface area is 200 Å². The maximum Gasteiger partial charge on any atom is 0.245 e. The highest BCUT2D eigenvalue weighted by atomic mass is 32.2. The Morgan fingerprint density at radius 2 is 1.88 bits per heavy atom. The van der Waals surface area contributed by atoms with Gasteiger partial charge in [0, 0.05) is 37.8 Å². The number of thioether (sulfide) groups is 1. The van der Waals surface area contributed by atoms with E-state index in [2.05, 4.69) is 9.97 Å². The van der Waals surface area contributed by atoms with Gasteiger partial charge in [-0.05, 0) is 36.8 Å². The van der Waals surface area contributed by atoms with Crippen molar-refractivity contribution in [2.75, 3.05) is 31.9 Å². The van der Waals surface area contributed by atoms with E-state index >= 15 is 0 Å². The van der Waals surface area contributed by atoms with Gasteiger partial charge >= 0.3 is 0 Å². The van der Waals surface area contributed by atoms with Crippen LogP contribution in [0.1, 0.15) is 5.56 Å². The third-order valence-corrected chi connectivity index (χ3v) is 9.71. The maximum absolute atomic E-state index is 13.3. The van der Waals surface area contributed by atoms with Crippen LogP contribution in [0.2, 0.25) is 0 Å². The van der Waals surface area contributed by atoms with Crippen LogP contribution < -0.4 is 0 Å². The molecule has 0 aliphatic carbocycles. The van der Waals surface area contributed by atoms with E-state index in [9.17, 15) is 13.2 Å². The third-order valence-electron chi connectivity index (χ3n) is 5.61. The number of hydrogen-bond donors (Lipinski definition) is 0. The summed E-state index contributed by atoms with van der Waals surface area (Å²) in [4.78, 5) is 23.6. The Balaban J connectivity index is 1.23. The number of pyridine rings is 1. The van der Waals surface area contributed by atoms with Crippen molar-refractivity contribution in [1.29, 1.82) is 0 Å². The SMILES string of the molecule is Cc1cnc2c(S(=O)(=O)N3CCN(C(=O)CSc4nc5ccccc5s4)CC3)cccc2c1. The highest BCUT2D eigenvalue weighted by Crippen LogP contribution is 2.30. The van der Waals surface area contributed by atoms with Crippen molar-refractivity contribution in [1.82, 2.24) is 19.2 Å². The van der Waals surface area contributed by atoms with Crippen LogP contribution in [0, 0.1) is 6.92 Å². The second-order valence-electron chi connectivity index (χ2n) is 7.86. The zero-order valence-electron chi connectivity index (χ0n) is 18.0. The molecular weight excluding hydrogens is 476 g/mol. The first-order valence-corrected chi connectivity index (χ1v) is 13.8. The Bertz CT molecular complexity index is 1410. The van der Waals surface area contributed by atoms with Crippen LogP contribution >= 0.6 is 23.1 Å². The van der Waals surface area contributed by atoms with Gasteiger partial charge < -0.3 is 4.90 Å². The number of piperazine rings is 1. The fourth-order valence-electron chi connectivity index (χ4n) is 3.90. The van der Waals surface area contributed by atoms with E-state index in [1.807, 2.05) is 43.3 Å². The van der Waals surface area contributed by atoms with Crippen molar-refractivity contribution in [2.45, 2.75) is 16.2 Å². The van der Waals surface area contributed by atoms with Gasteiger partial charge in [-0.3, -0.25) is 9.78 Å². The zero-order chi connectivity index (χ0) is 23.0. The smallest absolute Gasteiger partial charge is 0.245 e. The quantitative estimate of drug-likeness (QED) is 0.390. The van der Waals surface area contributed by atoms with Crippen molar-refractivity contribution in [3.63, 3.8) is 0 Å². The molecule has 170 valence electrons. The zero-order valence-corrected chi connectivity index (χ0v) is 20.4. The number of benzene rings is 2. The molecule has 1 amide bonds. The second-order valence-corrected chi connectivity index (χ2v) is 12.0. The first kappa shape index (κ1) is 22.3. The second kappa shape index (κ2) is 9.02. The molecule has 2 aromatic heterocycles. The molecule has 1 aliphatic rings. The largest absolute Gasteiger partial charge is 0.339 e. The van der Waals surface area contributed by atoms with Crippen molar-refractivity contribution >= 4 is 60.1 Å². The van der Waals surface area contributed by atoms with Crippen LogP contribution in [0.4, 0.5) is 0 Å². The van der Waals surface area contributed by atoms with Crippen molar-refractivity contribution < 1.29 is 13.2 Å². The summed E-state index contributed by atoms with van der Waals surface area (Å²) in [7, 11) is -3.70. The normalized spacial score (nSPS) is 15.4. The van der Waals surface area contributed by atoms with Gasteiger partial charge in [0.05, 0.1) is 21.5 Å². The van der Waals surface area contributed by atoms with Crippen molar-refractivity contribution in [3.05, 3.63) is 60.3 Å². The number of thiazole rings is 1. The number of rotatable bonds is 5. The molecule has 5 rings (SSSR count). The molecule has 0 saturated carbocycles. The van der Waals surface area contributed by atoms with Gasteiger partial charge in [0.25, 0.3) is 0 Å². The van der Waals surface area contributed by atoms with Crippen LogP contribution in [0.5, 0.6) is 0 Å². The van der Waals surface area contributed by atoms with E-state index in [1.165, 1.54) is 16.1 Å². The van der Waals surface area contributed by atoms with E-state index in [0.717, 1.165) is 25.5 Å². The van der Waals surface area contributed by atoms with Crippen LogP contribution in [-0.4, -0.2) is 65.4 Å². The first-order chi connectivity index (χ1) is 15.9. The number of hydrogen-bond acceptors (Lipinski definition) is 7. The summed E-state index contributed by atoms with van der Waals surface area (Å²) >= 11 is 3.01. The number of aromatic nitrogens is 2. The number of para-hydroxylation sites is 2.